The zero-order chi connectivity index (χ0) is 35.6. The molecule has 1 saturated heterocycles. The van der Waals surface area contributed by atoms with Crippen LogP contribution >= 0.6 is 0 Å². The lowest BCUT2D eigenvalue weighted by atomic mass is 9.94. The summed E-state index contributed by atoms with van der Waals surface area (Å²) in [5.41, 5.74) is 5.57. The van der Waals surface area contributed by atoms with E-state index in [2.05, 4.69) is 0 Å². The van der Waals surface area contributed by atoms with Crippen LogP contribution in [0.4, 0.5) is 4.79 Å². The summed E-state index contributed by atoms with van der Waals surface area (Å²) in [4.78, 5) is 12.1. The highest BCUT2D eigenvalue weighted by Crippen LogP contribution is 2.51. The Morgan fingerprint density at radius 2 is 1.27 bits per heavy atom. The Bertz CT molecular complexity index is 1860. The van der Waals surface area contributed by atoms with Gasteiger partial charge in [0.05, 0.1) is 46.8 Å². The molecule has 9 nitrogen and oxygen atoms in total. The zero-order valence-corrected chi connectivity index (χ0v) is 29.0. The second-order valence-electron chi connectivity index (χ2n) is 12.7. The molecule has 5 atom stereocenters. The van der Waals surface area contributed by atoms with Crippen LogP contribution in [0, 0.1) is 0 Å². The Kier molecular flexibility index (Phi) is 11.7. The maximum atomic E-state index is 12.1. The number of benzene rings is 5. The smallest absolute Gasteiger partial charge is 0.437 e. The Hall–Kier alpha value is -4.87. The van der Waals surface area contributed by atoms with Gasteiger partial charge in [0.15, 0.2) is 0 Å². The van der Waals surface area contributed by atoms with Gasteiger partial charge in [0.1, 0.15) is 30.2 Å². The first-order valence-electron chi connectivity index (χ1n) is 17.4. The Morgan fingerprint density at radius 1 is 0.712 bits per heavy atom. The number of rotatable bonds is 15. The first kappa shape index (κ1) is 35.5. The van der Waals surface area contributed by atoms with Gasteiger partial charge in [-0.05, 0) is 39.9 Å². The lowest BCUT2D eigenvalue weighted by molar-refractivity contribution is -0.280. The Morgan fingerprint density at radius 3 is 1.87 bits per heavy atom. The first-order chi connectivity index (χ1) is 25.6. The maximum absolute atomic E-state index is 12.1. The third kappa shape index (κ3) is 8.43. The highest BCUT2D eigenvalue weighted by molar-refractivity contribution is 5.64. The minimum Gasteiger partial charge on any atom is -0.437 e. The van der Waals surface area contributed by atoms with Crippen LogP contribution in [0.2, 0.25) is 0 Å². The molecule has 5 aromatic carbocycles. The average Bonchev–Trinajstić information content (AvgIpc) is 3.72. The maximum Gasteiger partial charge on any atom is 0.513 e. The molecule has 1 fully saturated rings. The predicted molar refractivity (Wildman–Crippen MR) is 192 cm³/mol. The third-order valence-electron chi connectivity index (χ3n) is 9.20. The number of methoxy groups -OCH3 is 1. The van der Waals surface area contributed by atoms with Gasteiger partial charge in [0.25, 0.3) is 0 Å². The van der Waals surface area contributed by atoms with E-state index >= 15 is 0 Å². The summed E-state index contributed by atoms with van der Waals surface area (Å²) >= 11 is 0. The summed E-state index contributed by atoms with van der Waals surface area (Å²) in [6, 6.07) is 45.2. The fourth-order valence-corrected chi connectivity index (χ4v) is 6.61. The number of carbonyl (C=O) groups is 1. The van der Waals surface area contributed by atoms with Crippen LogP contribution in [0.25, 0.3) is 0 Å². The molecular formula is C43H42O9. The summed E-state index contributed by atoms with van der Waals surface area (Å²) in [5, 5.41) is 0. The molecule has 52 heavy (non-hydrogen) atoms. The first-order valence-corrected chi connectivity index (χ1v) is 17.4. The predicted octanol–water partition coefficient (Wildman–Crippen LogP) is 7.89. The normalized spacial score (nSPS) is 21.1. The van der Waals surface area contributed by atoms with Gasteiger partial charge >= 0.3 is 6.16 Å². The number of carbonyl (C=O) groups excluding carboxylic acids is 1. The lowest BCUT2D eigenvalue weighted by Crippen LogP contribution is -2.46. The summed E-state index contributed by atoms with van der Waals surface area (Å²) < 4.78 is 50.7. The Balaban J connectivity index is 1.27. The van der Waals surface area contributed by atoms with Crippen molar-refractivity contribution in [1.29, 1.82) is 0 Å². The van der Waals surface area contributed by atoms with E-state index in [1.807, 2.05) is 127 Å². The molecular weight excluding hydrogens is 660 g/mol. The molecule has 268 valence electrons. The lowest BCUT2D eigenvalue weighted by Gasteiger charge is -2.32. The van der Waals surface area contributed by atoms with E-state index < -0.39 is 36.4 Å². The van der Waals surface area contributed by atoms with Gasteiger partial charge in [-0.25, -0.2) is 4.79 Å². The van der Waals surface area contributed by atoms with Crippen molar-refractivity contribution in [3.05, 3.63) is 173 Å². The molecule has 0 radical (unpaired) electrons. The van der Waals surface area contributed by atoms with Crippen molar-refractivity contribution in [2.45, 2.75) is 63.2 Å². The Labute approximate surface area is 303 Å². The van der Waals surface area contributed by atoms with Crippen LogP contribution < -0.4 is 4.74 Å². The van der Waals surface area contributed by atoms with E-state index in [4.69, 9.17) is 37.9 Å². The van der Waals surface area contributed by atoms with Gasteiger partial charge in [-0.1, -0.05) is 127 Å². The van der Waals surface area contributed by atoms with Crippen LogP contribution in [-0.2, 0) is 72.0 Å². The number of fused-ring (bicyclic) bond motifs is 2. The summed E-state index contributed by atoms with van der Waals surface area (Å²) in [6.45, 7) is 1.73. The highest BCUT2D eigenvalue weighted by atomic mass is 16.8. The SMILES string of the molecule is COC(=O)Oc1ccc2c(c1)[C@]1(OC2)O[C@H]([C@@H](COCc2ccccc2)OCc2ccccc2)[C@H](OCc2ccccc2)[C@H]1OCc1ccccc1. The molecule has 5 aromatic rings. The molecule has 1 spiro atoms. The van der Waals surface area contributed by atoms with Crippen LogP contribution in [0.5, 0.6) is 5.75 Å². The number of hydrogen-bond donors (Lipinski definition) is 0. The molecule has 2 aliphatic heterocycles. The van der Waals surface area contributed by atoms with Crippen molar-refractivity contribution in [2.75, 3.05) is 13.7 Å². The second-order valence-corrected chi connectivity index (χ2v) is 12.7. The monoisotopic (exact) mass is 702 g/mol. The second kappa shape index (κ2) is 17.1. The van der Waals surface area contributed by atoms with Crippen molar-refractivity contribution in [2.24, 2.45) is 0 Å². The van der Waals surface area contributed by atoms with Crippen LogP contribution in [0.1, 0.15) is 33.4 Å². The highest BCUT2D eigenvalue weighted by Gasteiger charge is 2.63. The van der Waals surface area contributed by atoms with Crippen molar-refractivity contribution < 1.29 is 42.7 Å². The van der Waals surface area contributed by atoms with Crippen molar-refractivity contribution in [3.8, 4) is 5.75 Å². The van der Waals surface area contributed by atoms with E-state index in [-0.39, 0.29) is 25.6 Å². The van der Waals surface area contributed by atoms with Crippen molar-refractivity contribution >= 4 is 6.16 Å². The average molecular weight is 703 g/mol. The van der Waals surface area contributed by atoms with Gasteiger partial charge < -0.3 is 37.9 Å². The molecule has 9 heteroatoms. The number of hydrogen-bond acceptors (Lipinski definition) is 9. The fourth-order valence-electron chi connectivity index (χ4n) is 6.61. The largest absolute Gasteiger partial charge is 0.513 e. The molecule has 0 N–H and O–H groups in total. The zero-order valence-electron chi connectivity index (χ0n) is 29.0. The van der Waals surface area contributed by atoms with Gasteiger partial charge in [-0.3, -0.25) is 0 Å². The third-order valence-corrected chi connectivity index (χ3v) is 9.20. The summed E-state index contributed by atoms with van der Waals surface area (Å²) in [6.07, 6.45) is -3.59. The minimum atomic E-state index is -1.43. The molecule has 2 aliphatic rings. The molecule has 0 bridgehead atoms. The molecule has 0 amide bonds. The van der Waals surface area contributed by atoms with E-state index in [0.29, 0.717) is 25.4 Å². The van der Waals surface area contributed by atoms with E-state index in [0.717, 1.165) is 27.8 Å². The quantitative estimate of drug-likeness (QED) is 0.0798. The number of ether oxygens (including phenoxy) is 8. The van der Waals surface area contributed by atoms with Crippen molar-refractivity contribution in [1.82, 2.24) is 0 Å². The molecule has 7 rings (SSSR count). The van der Waals surface area contributed by atoms with Crippen molar-refractivity contribution in [3.63, 3.8) is 0 Å². The van der Waals surface area contributed by atoms with Crippen LogP contribution in [0.3, 0.4) is 0 Å². The van der Waals surface area contributed by atoms with Crippen LogP contribution in [-0.4, -0.2) is 44.3 Å². The summed E-state index contributed by atoms with van der Waals surface area (Å²) in [5.74, 6) is -1.14. The molecule has 0 unspecified atom stereocenters. The van der Waals surface area contributed by atoms with E-state index in [1.165, 1.54) is 7.11 Å². The molecule has 0 aromatic heterocycles. The molecule has 0 saturated carbocycles. The molecule has 0 aliphatic carbocycles. The van der Waals surface area contributed by atoms with Gasteiger partial charge in [0, 0.05) is 5.56 Å². The van der Waals surface area contributed by atoms with Gasteiger partial charge in [-0.15, -0.1) is 0 Å². The molecule has 2 heterocycles. The summed E-state index contributed by atoms with van der Waals surface area (Å²) in [7, 11) is 1.27. The van der Waals surface area contributed by atoms with Gasteiger partial charge in [0.2, 0.25) is 5.79 Å². The van der Waals surface area contributed by atoms with Gasteiger partial charge in [-0.2, -0.15) is 0 Å². The minimum absolute atomic E-state index is 0.206. The standard InChI is InChI=1S/C43H42O9/c1-45-42(44)51-36-23-22-35-29-50-43(37(35)24-36)41(49-28-34-20-12-5-13-21-34)40(48-27-33-18-10-4-11-19-33)39(52-43)38(47-26-32-16-8-3-9-17-32)30-46-25-31-14-6-2-7-15-31/h2-24,38-41H,25-30H2,1H3/t38-,39-,40+,41-,43+/m1/s1. The van der Waals surface area contributed by atoms with E-state index in [1.54, 1.807) is 12.1 Å². The van der Waals surface area contributed by atoms with Crippen LogP contribution in [0.15, 0.2) is 140 Å². The van der Waals surface area contributed by atoms with E-state index in [9.17, 15) is 4.79 Å². The topological polar surface area (TPSA) is 90.9 Å². The fraction of sp³-hybridized carbons (Fsp3) is 0.279.